The average molecular weight is 345 g/mol. The second kappa shape index (κ2) is 7.79. The SMILES string of the molecule is CCCOc1ccc(Cl)cc1NCc1ccc(Cl)cc1Cl. The van der Waals surface area contributed by atoms with Gasteiger partial charge in [0.15, 0.2) is 0 Å². The van der Waals surface area contributed by atoms with E-state index in [2.05, 4.69) is 12.2 Å². The molecule has 0 fully saturated rings. The Morgan fingerprint density at radius 2 is 1.71 bits per heavy atom. The first-order valence-corrected chi connectivity index (χ1v) is 7.83. The van der Waals surface area contributed by atoms with Crippen LogP contribution in [0.1, 0.15) is 18.9 Å². The van der Waals surface area contributed by atoms with E-state index in [1.54, 1.807) is 6.07 Å². The fourth-order valence-corrected chi connectivity index (χ4v) is 2.48. The van der Waals surface area contributed by atoms with Crippen LogP contribution in [0.2, 0.25) is 15.1 Å². The lowest BCUT2D eigenvalue weighted by molar-refractivity contribution is 0.319. The van der Waals surface area contributed by atoms with Crippen LogP contribution in [-0.2, 0) is 6.54 Å². The molecule has 0 atom stereocenters. The highest BCUT2D eigenvalue weighted by molar-refractivity contribution is 6.35. The maximum absolute atomic E-state index is 6.17. The maximum atomic E-state index is 6.17. The average Bonchev–Trinajstić information content (AvgIpc) is 2.45. The predicted molar refractivity (Wildman–Crippen MR) is 91.0 cm³/mol. The van der Waals surface area contributed by atoms with Gasteiger partial charge in [0.05, 0.1) is 12.3 Å². The Morgan fingerprint density at radius 1 is 1.00 bits per heavy atom. The van der Waals surface area contributed by atoms with Crippen LogP contribution in [0.5, 0.6) is 5.75 Å². The van der Waals surface area contributed by atoms with Gasteiger partial charge < -0.3 is 10.1 Å². The predicted octanol–water partition coefficient (Wildman–Crippen LogP) is 6.05. The quantitative estimate of drug-likeness (QED) is 0.689. The molecule has 0 unspecified atom stereocenters. The molecule has 112 valence electrons. The van der Waals surface area contributed by atoms with E-state index < -0.39 is 0 Å². The molecule has 0 spiro atoms. The number of halogens is 3. The highest BCUT2D eigenvalue weighted by atomic mass is 35.5. The standard InChI is InChI=1S/C16H16Cl3NO/c1-2-7-21-16-6-5-13(18)9-15(16)20-10-11-3-4-12(17)8-14(11)19/h3-6,8-9,20H,2,7,10H2,1H3. The summed E-state index contributed by atoms with van der Waals surface area (Å²) >= 11 is 18.1. The third-order valence-corrected chi connectivity index (χ3v) is 3.71. The van der Waals surface area contributed by atoms with E-state index in [0.29, 0.717) is 28.2 Å². The van der Waals surface area contributed by atoms with Crippen molar-refractivity contribution in [2.45, 2.75) is 19.9 Å². The van der Waals surface area contributed by atoms with Gasteiger partial charge >= 0.3 is 0 Å². The molecule has 2 aromatic carbocycles. The summed E-state index contributed by atoms with van der Waals surface area (Å²) in [5.74, 6) is 0.784. The molecule has 0 aliphatic rings. The first-order chi connectivity index (χ1) is 10.1. The lowest BCUT2D eigenvalue weighted by atomic mass is 10.2. The minimum absolute atomic E-state index is 0.568. The minimum Gasteiger partial charge on any atom is -0.491 e. The number of hydrogen-bond donors (Lipinski definition) is 1. The topological polar surface area (TPSA) is 21.3 Å². The largest absolute Gasteiger partial charge is 0.491 e. The second-order valence-electron chi connectivity index (χ2n) is 4.58. The van der Waals surface area contributed by atoms with Crippen molar-refractivity contribution in [3.8, 4) is 5.75 Å². The third-order valence-electron chi connectivity index (χ3n) is 2.89. The molecule has 0 bridgehead atoms. The summed E-state index contributed by atoms with van der Waals surface area (Å²) < 4.78 is 5.70. The highest BCUT2D eigenvalue weighted by Crippen LogP contribution is 2.29. The van der Waals surface area contributed by atoms with Crippen LogP contribution < -0.4 is 10.1 Å². The van der Waals surface area contributed by atoms with E-state index in [1.165, 1.54) is 0 Å². The third kappa shape index (κ3) is 4.70. The van der Waals surface area contributed by atoms with Crippen LogP contribution >= 0.6 is 34.8 Å². The lowest BCUT2D eigenvalue weighted by Crippen LogP contribution is -2.04. The van der Waals surface area contributed by atoms with Crippen molar-refractivity contribution in [1.82, 2.24) is 0 Å². The molecular weight excluding hydrogens is 329 g/mol. The van der Waals surface area contributed by atoms with Crippen LogP contribution in [0.4, 0.5) is 5.69 Å². The summed E-state index contributed by atoms with van der Waals surface area (Å²) in [7, 11) is 0. The van der Waals surface area contributed by atoms with Gasteiger partial charge in [0, 0.05) is 21.6 Å². The van der Waals surface area contributed by atoms with E-state index in [1.807, 2.05) is 30.3 Å². The summed E-state index contributed by atoms with van der Waals surface area (Å²) in [6, 6.07) is 11.0. The molecule has 2 nitrogen and oxygen atoms in total. The van der Waals surface area contributed by atoms with Crippen molar-refractivity contribution in [3.63, 3.8) is 0 Å². The Kier molecular flexibility index (Phi) is 6.04. The van der Waals surface area contributed by atoms with E-state index in [9.17, 15) is 0 Å². The zero-order valence-corrected chi connectivity index (χ0v) is 13.9. The molecule has 0 amide bonds. The maximum Gasteiger partial charge on any atom is 0.142 e. The monoisotopic (exact) mass is 343 g/mol. The zero-order valence-electron chi connectivity index (χ0n) is 11.6. The van der Waals surface area contributed by atoms with Gasteiger partial charge in [0.1, 0.15) is 5.75 Å². The van der Waals surface area contributed by atoms with Crippen LogP contribution in [0.3, 0.4) is 0 Å². The molecule has 0 aliphatic carbocycles. The Balaban J connectivity index is 2.12. The fourth-order valence-electron chi connectivity index (χ4n) is 1.83. The van der Waals surface area contributed by atoms with Crippen molar-refractivity contribution in [3.05, 3.63) is 57.0 Å². The first kappa shape index (κ1) is 16.3. The summed E-state index contributed by atoms with van der Waals surface area (Å²) in [6.07, 6.45) is 0.949. The summed E-state index contributed by atoms with van der Waals surface area (Å²) in [4.78, 5) is 0. The summed E-state index contributed by atoms with van der Waals surface area (Å²) in [6.45, 7) is 3.30. The summed E-state index contributed by atoms with van der Waals surface area (Å²) in [5.41, 5.74) is 1.81. The number of rotatable bonds is 6. The molecule has 0 saturated heterocycles. The molecule has 0 aromatic heterocycles. The van der Waals surface area contributed by atoms with Crippen molar-refractivity contribution in [2.75, 3.05) is 11.9 Å². The van der Waals surface area contributed by atoms with Gasteiger partial charge in [-0.25, -0.2) is 0 Å². The van der Waals surface area contributed by atoms with E-state index in [-0.39, 0.29) is 0 Å². The molecule has 0 saturated carbocycles. The molecule has 0 heterocycles. The van der Waals surface area contributed by atoms with E-state index in [4.69, 9.17) is 39.5 Å². The smallest absolute Gasteiger partial charge is 0.142 e. The van der Waals surface area contributed by atoms with Gasteiger partial charge in [-0.05, 0) is 42.3 Å². The fraction of sp³-hybridized carbons (Fsp3) is 0.250. The van der Waals surface area contributed by atoms with Gasteiger partial charge in [0.2, 0.25) is 0 Å². The van der Waals surface area contributed by atoms with Crippen LogP contribution in [-0.4, -0.2) is 6.61 Å². The number of anilines is 1. The van der Waals surface area contributed by atoms with Gasteiger partial charge in [0.25, 0.3) is 0 Å². The lowest BCUT2D eigenvalue weighted by Gasteiger charge is -2.14. The molecule has 0 radical (unpaired) electrons. The Bertz CT molecular complexity index is 616. The summed E-state index contributed by atoms with van der Waals surface area (Å²) in [5, 5.41) is 5.21. The second-order valence-corrected chi connectivity index (χ2v) is 5.86. The molecule has 2 aromatic rings. The Morgan fingerprint density at radius 3 is 2.43 bits per heavy atom. The molecule has 2 rings (SSSR count). The molecule has 21 heavy (non-hydrogen) atoms. The van der Waals surface area contributed by atoms with Gasteiger partial charge in [-0.2, -0.15) is 0 Å². The molecule has 0 aliphatic heterocycles. The van der Waals surface area contributed by atoms with Gasteiger partial charge in [-0.15, -0.1) is 0 Å². The van der Waals surface area contributed by atoms with Crippen molar-refractivity contribution in [1.29, 1.82) is 0 Å². The van der Waals surface area contributed by atoms with Crippen LogP contribution in [0, 0.1) is 0 Å². The molecule has 1 N–H and O–H groups in total. The zero-order chi connectivity index (χ0) is 15.2. The highest BCUT2D eigenvalue weighted by Gasteiger charge is 2.06. The van der Waals surface area contributed by atoms with E-state index in [0.717, 1.165) is 23.4 Å². The van der Waals surface area contributed by atoms with Crippen molar-refractivity contribution >= 4 is 40.5 Å². The number of hydrogen-bond acceptors (Lipinski definition) is 2. The first-order valence-electron chi connectivity index (χ1n) is 6.70. The molecular formula is C16H16Cl3NO. The normalized spacial score (nSPS) is 10.5. The number of benzene rings is 2. The minimum atomic E-state index is 0.568. The van der Waals surface area contributed by atoms with Gasteiger partial charge in [-0.3, -0.25) is 0 Å². The van der Waals surface area contributed by atoms with Gasteiger partial charge in [-0.1, -0.05) is 47.8 Å². The van der Waals surface area contributed by atoms with Crippen LogP contribution in [0.25, 0.3) is 0 Å². The molecule has 5 heteroatoms. The van der Waals surface area contributed by atoms with Crippen molar-refractivity contribution < 1.29 is 4.74 Å². The number of ether oxygens (including phenoxy) is 1. The Labute approximate surface area is 140 Å². The number of nitrogens with one attached hydrogen (secondary N) is 1. The van der Waals surface area contributed by atoms with E-state index >= 15 is 0 Å². The van der Waals surface area contributed by atoms with Crippen LogP contribution in [0.15, 0.2) is 36.4 Å². The van der Waals surface area contributed by atoms with Crippen molar-refractivity contribution in [2.24, 2.45) is 0 Å². The Hall–Kier alpha value is -1.09.